The fourth-order valence-corrected chi connectivity index (χ4v) is 1.34. The van der Waals surface area contributed by atoms with Crippen LogP contribution in [-0.2, 0) is 4.79 Å². The van der Waals surface area contributed by atoms with Gasteiger partial charge in [-0.3, -0.25) is 9.89 Å². The SMILES string of the molecule is O=C1CSC(=S)N1.c1cn[nH]c1. The van der Waals surface area contributed by atoms with Crippen LogP contribution in [0.2, 0.25) is 0 Å². The van der Waals surface area contributed by atoms with Crippen molar-refractivity contribution in [2.75, 3.05) is 5.75 Å². The number of carbonyl (C=O) groups excluding carboxylic acids is 1. The zero-order valence-electron chi connectivity index (χ0n) is 6.11. The second-order valence-electron chi connectivity index (χ2n) is 1.89. The molecule has 0 saturated carbocycles. The van der Waals surface area contributed by atoms with Gasteiger partial charge in [0.15, 0.2) is 0 Å². The number of nitrogens with zero attached hydrogens (tertiary/aromatic N) is 1. The summed E-state index contributed by atoms with van der Waals surface area (Å²) in [5, 5.41) is 8.68. The van der Waals surface area contributed by atoms with Crippen molar-refractivity contribution in [3.05, 3.63) is 18.5 Å². The Morgan fingerprint density at radius 3 is 2.67 bits per heavy atom. The molecule has 0 radical (unpaired) electrons. The van der Waals surface area contributed by atoms with Crippen molar-refractivity contribution in [1.82, 2.24) is 15.5 Å². The lowest BCUT2D eigenvalue weighted by Gasteiger charge is -1.81. The van der Waals surface area contributed by atoms with Gasteiger partial charge in [0, 0.05) is 12.4 Å². The van der Waals surface area contributed by atoms with Gasteiger partial charge in [-0.15, -0.1) is 0 Å². The fourth-order valence-electron chi connectivity index (χ4n) is 0.532. The van der Waals surface area contributed by atoms with E-state index in [0.717, 1.165) is 0 Å². The molecule has 1 amide bonds. The van der Waals surface area contributed by atoms with Gasteiger partial charge in [-0.05, 0) is 6.07 Å². The summed E-state index contributed by atoms with van der Waals surface area (Å²) >= 11 is 6.00. The molecule has 0 bridgehead atoms. The predicted molar refractivity (Wildman–Crippen MR) is 51.8 cm³/mol. The molecule has 1 fully saturated rings. The van der Waals surface area contributed by atoms with Crippen LogP contribution in [0, 0.1) is 0 Å². The van der Waals surface area contributed by atoms with E-state index in [1.165, 1.54) is 11.8 Å². The topological polar surface area (TPSA) is 57.8 Å². The van der Waals surface area contributed by atoms with Crippen molar-refractivity contribution in [2.24, 2.45) is 0 Å². The molecule has 0 aliphatic carbocycles. The number of nitrogens with one attached hydrogen (secondary N) is 2. The van der Waals surface area contributed by atoms with Crippen LogP contribution >= 0.6 is 24.0 Å². The summed E-state index contributed by atoms with van der Waals surface area (Å²) in [6.07, 6.45) is 3.46. The maximum atomic E-state index is 10.2. The number of hydrogen-bond acceptors (Lipinski definition) is 4. The molecule has 4 nitrogen and oxygen atoms in total. The van der Waals surface area contributed by atoms with E-state index in [9.17, 15) is 4.79 Å². The summed E-state index contributed by atoms with van der Waals surface area (Å²) in [6.45, 7) is 0. The minimum absolute atomic E-state index is 0.0231. The van der Waals surface area contributed by atoms with Crippen LogP contribution in [-0.4, -0.2) is 26.2 Å². The lowest BCUT2D eigenvalue weighted by molar-refractivity contribution is -0.116. The van der Waals surface area contributed by atoms with Gasteiger partial charge in [-0.1, -0.05) is 24.0 Å². The molecule has 64 valence electrons. The van der Waals surface area contributed by atoms with Crippen molar-refractivity contribution in [1.29, 1.82) is 0 Å². The molecule has 1 aliphatic heterocycles. The maximum absolute atomic E-state index is 10.2. The van der Waals surface area contributed by atoms with E-state index in [1.54, 1.807) is 12.4 Å². The van der Waals surface area contributed by atoms with Gasteiger partial charge in [-0.2, -0.15) is 5.10 Å². The highest BCUT2D eigenvalue weighted by atomic mass is 32.2. The van der Waals surface area contributed by atoms with Crippen LogP contribution in [0.1, 0.15) is 0 Å². The van der Waals surface area contributed by atoms with Crippen LogP contribution in [0.3, 0.4) is 0 Å². The van der Waals surface area contributed by atoms with Crippen molar-refractivity contribution in [3.8, 4) is 0 Å². The van der Waals surface area contributed by atoms with Gasteiger partial charge < -0.3 is 5.32 Å². The van der Waals surface area contributed by atoms with Gasteiger partial charge in [0.25, 0.3) is 0 Å². The van der Waals surface area contributed by atoms with Crippen LogP contribution in [0.15, 0.2) is 18.5 Å². The molecular weight excluding hydrogens is 194 g/mol. The highest BCUT2D eigenvalue weighted by Crippen LogP contribution is 2.06. The minimum Gasteiger partial charge on any atom is -0.311 e. The molecule has 1 saturated heterocycles. The van der Waals surface area contributed by atoms with Crippen molar-refractivity contribution < 1.29 is 4.79 Å². The Hall–Kier alpha value is -0.880. The lowest BCUT2D eigenvalue weighted by Crippen LogP contribution is -2.18. The molecule has 1 aliphatic rings. The number of thiocarbonyl (C=S) groups is 1. The Bertz CT molecular complexity index is 229. The van der Waals surface area contributed by atoms with Gasteiger partial charge in [0.2, 0.25) is 5.91 Å². The summed E-state index contributed by atoms with van der Waals surface area (Å²) in [5.74, 6) is 0.522. The van der Waals surface area contributed by atoms with E-state index < -0.39 is 0 Å². The Morgan fingerprint density at radius 1 is 1.67 bits per heavy atom. The second kappa shape index (κ2) is 4.89. The van der Waals surface area contributed by atoms with Gasteiger partial charge >= 0.3 is 0 Å². The molecule has 1 aromatic rings. The zero-order valence-corrected chi connectivity index (χ0v) is 7.74. The first kappa shape index (κ1) is 9.21. The Balaban J connectivity index is 0.000000127. The van der Waals surface area contributed by atoms with Crippen molar-refractivity contribution >= 4 is 34.2 Å². The van der Waals surface area contributed by atoms with Crippen molar-refractivity contribution in [2.45, 2.75) is 0 Å². The summed E-state index contributed by atoms with van der Waals surface area (Å²) in [5.41, 5.74) is 0. The van der Waals surface area contributed by atoms with E-state index in [-0.39, 0.29) is 5.91 Å². The van der Waals surface area contributed by atoms with E-state index in [2.05, 4.69) is 27.7 Å². The Labute approximate surface area is 79.1 Å². The highest BCUT2D eigenvalue weighted by Gasteiger charge is 2.13. The monoisotopic (exact) mass is 201 g/mol. The van der Waals surface area contributed by atoms with E-state index in [0.29, 0.717) is 10.1 Å². The Morgan fingerprint density at radius 2 is 2.50 bits per heavy atom. The molecule has 0 unspecified atom stereocenters. The normalized spacial score (nSPS) is 15.0. The maximum Gasteiger partial charge on any atom is 0.235 e. The average Bonchev–Trinajstić information content (AvgIpc) is 2.63. The third-order valence-corrected chi connectivity index (χ3v) is 2.21. The van der Waals surface area contributed by atoms with E-state index in [4.69, 9.17) is 0 Å². The number of carbonyl (C=O) groups is 1. The summed E-state index contributed by atoms with van der Waals surface area (Å²) in [4.78, 5) is 10.2. The number of thioether (sulfide) groups is 1. The predicted octanol–water partition coefficient (Wildman–Crippen LogP) is 0.544. The van der Waals surface area contributed by atoms with Gasteiger partial charge in [0.1, 0.15) is 4.32 Å². The quantitative estimate of drug-likeness (QED) is 0.602. The van der Waals surface area contributed by atoms with Crippen LogP contribution in [0.4, 0.5) is 0 Å². The smallest absolute Gasteiger partial charge is 0.235 e. The molecule has 0 atom stereocenters. The average molecular weight is 201 g/mol. The van der Waals surface area contributed by atoms with E-state index in [1.807, 2.05) is 6.07 Å². The first-order valence-electron chi connectivity index (χ1n) is 3.19. The van der Waals surface area contributed by atoms with Crippen LogP contribution in [0.25, 0.3) is 0 Å². The zero-order chi connectivity index (χ0) is 8.81. The number of aromatic nitrogens is 2. The summed E-state index contributed by atoms with van der Waals surface area (Å²) < 4.78 is 0.602. The molecule has 2 N–H and O–H groups in total. The highest BCUT2D eigenvalue weighted by molar-refractivity contribution is 8.24. The van der Waals surface area contributed by atoms with E-state index >= 15 is 0 Å². The summed E-state index contributed by atoms with van der Waals surface area (Å²) in [7, 11) is 0. The molecule has 2 rings (SSSR count). The third kappa shape index (κ3) is 3.49. The molecule has 6 heteroatoms. The first-order valence-corrected chi connectivity index (χ1v) is 4.59. The molecule has 2 heterocycles. The summed E-state index contributed by atoms with van der Waals surface area (Å²) in [6, 6.07) is 1.83. The number of amides is 1. The largest absolute Gasteiger partial charge is 0.311 e. The molecule has 0 spiro atoms. The first-order chi connectivity index (χ1) is 5.79. The van der Waals surface area contributed by atoms with Gasteiger partial charge in [-0.25, -0.2) is 0 Å². The second-order valence-corrected chi connectivity index (χ2v) is 3.54. The number of hydrogen-bond donors (Lipinski definition) is 2. The Kier molecular flexibility index (Phi) is 3.75. The standard InChI is InChI=1S/C3H4N2.C3H3NOS2/c1-2-4-5-3-1;5-2-1-7-3(6)4-2/h1-3H,(H,4,5);1H2,(H,4,5,6). The van der Waals surface area contributed by atoms with Crippen molar-refractivity contribution in [3.63, 3.8) is 0 Å². The van der Waals surface area contributed by atoms with Gasteiger partial charge in [0.05, 0.1) is 5.75 Å². The number of aromatic amines is 1. The van der Waals surface area contributed by atoms with Crippen LogP contribution in [0.5, 0.6) is 0 Å². The molecule has 1 aromatic heterocycles. The number of rotatable bonds is 0. The lowest BCUT2D eigenvalue weighted by atomic mass is 10.7. The molecule has 0 aromatic carbocycles. The minimum atomic E-state index is 0.0231. The third-order valence-electron chi connectivity index (χ3n) is 0.982. The number of H-pyrrole nitrogens is 1. The molecular formula is C6H7N3OS2. The molecule has 12 heavy (non-hydrogen) atoms. The fraction of sp³-hybridized carbons (Fsp3) is 0.167. The van der Waals surface area contributed by atoms with Crippen LogP contribution < -0.4 is 5.32 Å².